The first-order valence-corrected chi connectivity index (χ1v) is 7.12. The number of hydrogen-bond donors (Lipinski definition) is 2. The summed E-state index contributed by atoms with van der Waals surface area (Å²) in [5.41, 5.74) is 0.351. The van der Waals surface area contributed by atoms with Crippen LogP contribution in [0.25, 0.3) is 0 Å². The highest BCUT2D eigenvalue weighted by Gasteiger charge is 2.23. The van der Waals surface area contributed by atoms with Gasteiger partial charge < -0.3 is 10.6 Å². The van der Waals surface area contributed by atoms with E-state index in [0.29, 0.717) is 30.5 Å². The van der Waals surface area contributed by atoms with Gasteiger partial charge in [-0.2, -0.15) is 4.98 Å². The van der Waals surface area contributed by atoms with Crippen LogP contribution in [0.3, 0.4) is 0 Å². The summed E-state index contributed by atoms with van der Waals surface area (Å²) in [6, 6.07) is 0. The quantitative estimate of drug-likeness (QED) is 0.432. The molecule has 1 aromatic heterocycles. The van der Waals surface area contributed by atoms with Crippen molar-refractivity contribution in [2.24, 2.45) is 5.92 Å². The van der Waals surface area contributed by atoms with E-state index < -0.39 is 4.92 Å². The number of rotatable bonds is 8. The van der Waals surface area contributed by atoms with Gasteiger partial charge in [-0.05, 0) is 32.6 Å². The zero-order valence-electron chi connectivity index (χ0n) is 12.0. The lowest BCUT2D eigenvalue weighted by Crippen LogP contribution is -2.12. The summed E-state index contributed by atoms with van der Waals surface area (Å²) >= 11 is 0. The molecular formula is C13H21N5O2. The zero-order valence-corrected chi connectivity index (χ0v) is 12.0. The van der Waals surface area contributed by atoms with Gasteiger partial charge in [0.25, 0.3) is 0 Å². The van der Waals surface area contributed by atoms with E-state index in [1.54, 1.807) is 6.92 Å². The first-order chi connectivity index (χ1) is 9.61. The molecule has 1 heterocycles. The molecule has 1 aromatic rings. The van der Waals surface area contributed by atoms with Crippen LogP contribution in [0, 0.1) is 23.0 Å². The lowest BCUT2D eigenvalue weighted by Gasteiger charge is -2.10. The number of nitrogens with one attached hydrogen (secondary N) is 2. The maximum Gasteiger partial charge on any atom is 0.332 e. The van der Waals surface area contributed by atoms with Crippen LogP contribution in [0.4, 0.5) is 17.5 Å². The third-order valence-corrected chi connectivity index (χ3v) is 3.35. The van der Waals surface area contributed by atoms with Crippen molar-refractivity contribution >= 4 is 17.5 Å². The molecule has 0 unspecified atom stereocenters. The van der Waals surface area contributed by atoms with Gasteiger partial charge in [0.05, 0.1) is 4.92 Å². The second-order valence-electron chi connectivity index (χ2n) is 5.13. The Hall–Kier alpha value is -1.92. The SMILES string of the molecule is CCNc1nc(C)c([N+](=O)[O-])c(NCCCC2CC2)n1. The molecule has 0 bridgehead atoms. The van der Waals surface area contributed by atoms with Crippen molar-refractivity contribution in [3.63, 3.8) is 0 Å². The molecule has 0 saturated heterocycles. The Kier molecular flexibility index (Phi) is 4.70. The van der Waals surface area contributed by atoms with E-state index in [1.165, 1.54) is 19.3 Å². The van der Waals surface area contributed by atoms with E-state index in [0.717, 1.165) is 12.3 Å². The summed E-state index contributed by atoms with van der Waals surface area (Å²) in [6.45, 7) is 4.95. The fourth-order valence-electron chi connectivity index (χ4n) is 2.15. The van der Waals surface area contributed by atoms with Crippen molar-refractivity contribution in [3.05, 3.63) is 15.8 Å². The Labute approximate surface area is 118 Å². The lowest BCUT2D eigenvalue weighted by atomic mass is 10.2. The van der Waals surface area contributed by atoms with E-state index in [9.17, 15) is 10.1 Å². The third-order valence-electron chi connectivity index (χ3n) is 3.35. The third kappa shape index (κ3) is 3.79. The van der Waals surface area contributed by atoms with Crippen LogP contribution in [0.2, 0.25) is 0 Å². The highest BCUT2D eigenvalue weighted by atomic mass is 16.6. The molecule has 7 nitrogen and oxygen atoms in total. The number of anilines is 2. The molecule has 20 heavy (non-hydrogen) atoms. The van der Waals surface area contributed by atoms with Crippen LogP contribution in [0.1, 0.15) is 38.3 Å². The Morgan fingerprint density at radius 3 is 2.70 bits per heavy atom. The van der Waals surface area contributed by atoms with Crippen LogP contribution in [0.15, 0.2) is 0 Å². The predicted molar refractivity (Wildman–Crippen MR) is 78.0 cm³/mol. The maximum atomic E-state index is 11.1. The van der Waals surface area contributed by atoms with E-state index in [4.69, 9.17) is 0 Å². The van der Waals surface area contributed by atoms with E-state index >= 15 is 0 Å². The number of aromatic nitrogens is 2. The summed E-state index contributed by atoms with van der Waals surface area (Å²) in [5, 5.41) is 17.2. The van der Waals surface area contributed by atoms with Gasteiger partial charge in [0.1, 0.15) is 5.69 Å². The molecule has 0 amide bonds. The van der Waals surface area contributed by atoms with Gasteiger partial charge >= 0.3 is 5.69 Å². The van der Waals surface area contributed by atoms with Gasteiger partial charge in [-0.3, -0.25) is 10.1 Å². The fraction of sp³-hybridized carbons (Fsp3) is 0.692. The van der Waals surface area contributed by atoms with Crippen molar-refractivity contribution in [2.45, 2.75) is 39.5 Å². The van der Waals surface area contributed by atoms with E-state index in [2.05, 4.69) is 20.6 Å². The number of aryl methyl sites for hydroxylation is 1. The van der Waals surface area contributed by atoms with Gasteiger partial charge in [-0.25, -0.2) is 4.98 Å². The highest BCUT2D eigenvalue weighted by Crippen LogP contribution is 2.33. The molecule has 0 atom stereocenters. The van der Waals surface area contributed by atoms with Crippen LogP contribution < -0.4 is 10.6 Å². The van der Waals surface area contributed by atoms with Crippen LogP contribution in [0.5, 0.6) is 0 Å². The molecule has 1 fully saturated rings. The zero-order chi connectivity index (χ0) is 14.5. The summed E-state index contributed by atoms with van der Waals surface area (Å²) in [6.07, 6.45) is 4.86. The number of nitro groups is 1. The minimum absolute atomic E-state index is 0.0296. The molecule has 0 spiro atoms. The Balaban J connectivity index is 2.06. The molecule has 0 radical (unpaired) electrons. The fourth-order valence-corrected chi connectivity index (χ4v) is 2.15. The molecule has 110 valence electrons. The molecule has 7 heteroatoms. The standard InChI is InChI=1S/C13H21N5O2/c1-3-14-13-16-9(2)11(18(19)20)12(17-13)15-8-4-5-10-6-7-10/h10H,3-8H2,1-2H3,(H2,14,15,16,17). The second-order valence-corrected chi connectivity index (χ2v) is 5.13. The molecule has 0 aromatic carbocycles. The molecular weight excluding hydrogens is 258 g/mol. The number of hydrogen-bond acceptors (Lipinski definition) is 6. The van der Waals surface area contributed by atoms with Crippen molar-refractivity contribution < 1.29 is 4.92 Å². The van der Waals surface area contributed by atoms with Crippen molar-refractivity contribution in [1.29, 1.82) is 0 Å². The Morgan fingerprint density at radius 1 is 1.35 bits per heavy atom. The molecule has 1 saturated carbocycles. The largest absolute Gasteiger partial charge is 0.364 e. The minimum atomic E-state index is -0.422. The monoisotopic (exact) mass is 279 g/mol. The van der Waals surface area contributed by atoms with Crippen molar-refractivity contribution in [3.8, 4) is 0 Å². The summed E-state index contributed by atoms with van der Waals surface area (Å²) in [7, 11) is 0. The Morgan fingerprint density at radius 2 is 2.10 bits per heavy atom. The van der Waals surface area contributed by atoms with Gasteiger partial charge in [0.15, 0.2) is 0 Å². The molecule has 2 N–H and O–H groups in total. The molecule has 1 aliphatic rings. The van der Waals surface area contributed by atoms with Gasteiger partial charge in [-0.15, -0.1) is 0 Å². The topological polar surface area (TPSA) is 93.0 Å². The Bertz CT molecular complexity index is 488. The smallest absolute Gasteiger partial charge is 0.332 e. The van der Waals surface area contributed by atoms with E-state index in [1.807, 2.05) is 6.92 Å². The summed E-state index contributed by atoms with van der Waals surface area (Å²) in [4.78, 5) is 19.0. The normalized spacial score (nSPS) is 14.1. The molecule has 2 rings (SSSR count). The first-order valence-electron chi connectivity index (χ1n) is 7.12. The summed E-state index contributed by atoms with van der Waals surface area (Å²) < 4.78 is 0. The number of nitrogens with zero attached hydrogens (tertiary/aromatic N) is 3. The van der Waals surface area contributed by atoms with Gasteiger partial charge in [-0.1, -0.05) is 12.8 Å². The lowest BCUT2D eigenvalue weighted by molar-refractivity contribution is -0.385. The molecule has 1 aliphatic carbocycles. The maximum absolute atomic E-state index is 11.1. The van der Waals surface area contributed by atoms with Gasteiger partial charge in [0, 0.05) is 13.1 Å². The van der Waals surface area contributed by atoms with Crippen LogP contribution >= 0.6 is 0 Å². The summed E-state index contributed by atoms with van der Waals surface area (Å²) in [5.74, 6) is 1.62. The highest BCUT2D eigenvalue weighted by molar-refractivity contribution is 5.60. The van der Waals surface area contributed by atoms with Gasteiger partial charge in [0.2, 0.25) is 11.8 Å². The predicted octanol–water partition coefficient (Wildman–Crippen LogP) is 2.73. The van der Waals surface area contributed by atoms with Crippen LogP contribution in [-0.4, -0.2) is 28.0 Å². The second kappa shape index (κ2) is 6.49. The first kappa shape index (κ1) is 14.5. The average Bonchev–Trinajstić information content (AvgIpc) is 3.18. The minimum Gasteiger partial charge on any atom is -0.364 e. The van der Waals surface area contributed by atoms with Crippen molar-refractivity contribution in [1.82, 2.24) is 9.97 Å². The van der Waals surface area contributed by atoms with Crippen LogP contribution in [-0.2, 0) is 0 Å². The van der Waals surface area contributed by atoms with Crippen molar-refractivity contribution in [2.75, 3.05) is 23.7 Å². The molecule has 0 aliphatic heterocycles. The average molecular weight is 279 g/mol. The van der Waals surface area contributed by atoms with E-state index in [-0.39, 0.29) is 5.69 Å².